The Hall–Kier alpha value is -5.92. The van der Waals surface area contributed by atoms with Gasteiger partial charge in [0.05, 0.1) is 5.69 Å². The monoisotopic (exact) mass is 667 g/mol. The molecule has 1 atom stereocenters. The van der Waals surface area contributed by atoms with Gasteiger partial charge in [-0.25, -0.2) is 0 Å². The summed E-state index contributed by atoms with van der Waals surface area (Å²) in [4.78, 5) is 2.51. The van der Waals surface area contributed by atoms with Crippen LogP contribution in [0.1, 0.15) is 67.0 Å². The van der Waals surface area contributed by atoms with E-state index in [4.69, 9.17) is 0 Å². The molecule has 250 valence electrons. The molecule has 3 aliphatic carbocycles. The Balaban J connectivity index is 1.22. The van der Waals surface area contributed by atoms with Crippen molar-refractivity contribution < 1.29 is 0 Å². The summed E-state index contributed by atoms with van der Waals surface area (Å²) in [6.45, 7) is 7.22. The third kappa shape index (κ3) is 4.42. The van der Waals surface area contributed by atoms with Crippen LogP contribution in [0.25, 0.3) is 33.0 Å². The van der Waals surface area contributed by atoms with Crippen molar-refractivity contribution >= 4 is 39.0 Å². The van der Waals surface area contributed by atoms with Gasteiger partial charge >= 0.3 is 0 Å². The summed E-state index contributed by atoms with van der Waals surface area (Å²) in [6, 6.07) is 61.1. The number of nitrogens with zero attached hydrogens (tertiary/aromatic N) is 1. The van der Waals surface area contributed by atoms with Gasteiger partial charge in [0.2, 0.25) is 0 Å². The van der Waals surface area contributed by atoms with Crippen molar-refractivity contribution in [3.8, 4) is 11.1 Å². The first-order valence-corrected chi connectivity index (χ1v) is 18.7. The fraction of sp³-hybridized carbons (Fsp3) is 0.137. The van der Waals surface area contributed by atoms with Crippen molar-refractivity contribution in [3.63, 3.8) is 0 Å². The zero-order chi connectivity index (χ0) is 35.0. The summed E-state index contributed by atoms with van der Waals surface area (Å²) in [6.07, 6.45) is 4.56. The van der Waals surface area contributed by atoms with Crippen molar-refractivity contribution in [2.45, 2.75) is 44.4 Å². The Morgan fingerprint density at radius 2 is 1.15 bits per heavy atom. The van der Waals surface area contributed by atoms with Crippen LogP contribution in [0.5, 0.6) is 0 Å². The minimum atomic E-state index is -0.262. The molecule has 1 unspecified atom stereocenters. The maximum atomic E-state index is 2.51. The molecule has 0 heterocycles. The molecule has 0 amide bonds. The lowest BCUT2D eigenvalue weighted by molar-refractivity contribution is 0.653. The minimum Gasteiger partial charge on any atom is -0.310 e. The number of rotatable bonds is 5. The third-order valence-corrected chi connectivity index (χ3v) is 12.3. The smallest absolute Gasteiger partial charge is 0.0540 e. The first-order valence-electron chi connectivity index (χ1n) is 18.7. The Morgan fingerprint density at radius 1 is 0.519 bits per heavy atom. The molecule has 10 rings (SSSR count). The summed E-state index contributed by atoms with van der Waals surface area (Å²) in [5, 5.41) is 2.48. The summed E-state index contributed by atoms with van der Waals surface area (Å²) in [5.41, 5.74) is 18.3. The quantitative estimate of drug-likeness (QED) is 0.177. The van der Waals surface area contributed by atoms with E-state index in [1.54, 1.807) is 0 Å². The SMILES string of the molecule is CC1(C)c2ccccc2-c2ccc(N(c3ccc4c(c3)C(C)(c3ccccc3)C3=C4C(c4ccccc4)=CCC3)c3cccc4ccccc34)cc21. The average molecular weight is 668 g/mol. The van der Waals surface area contributed by atoms with Gasteiger partial charge in [-0.3, -0.25) is 0 Å². The molecule has 1 heteroatoms. The predicted molar refractivity (Wildman–Crippen MR) is 220 cm³/mol. The van der Waals surface area contributed by atoms with Gasteiger partial charge in [0, 0.05) is 27.6 Å². The molecule has 0 bridgehead atoms. The molecule has 0 fully saturated rings. The van der Waals surface area contributed by atoms with Crippen LogP contribution < -0.4 is 4.90 Å². The van der Waals surface area contributed by atoms with Crippen LogP contribution in [0.15, 0.2) is 175 Å². The van der Waals surface area contributed by atoms with E-state index >= 15 is 0 Å². The van der Waals surface area contributed by atoms with Crippen molar-refractivity contribution in [3.05, 3.63) is 209 Å². The molecule has 0 radical (unpaired) electrons. The Kier molecular flexibility index (Phi) is 6.86. The molecule has 0 N–H and O–H groups in total. The molecule has 3 aliphatic rings. The summed E-state index contributed by atoms with van der Waals surface area (Å²) in [5.74, 6) is 0. The van der Waals surface area contributed by atoms with Crippen LogP contribution in [0.2, 0.25) is 0 Å². The third-order valence-electron chi connectivity index (χ3n) is 12.3. The van der Waals surface area contributed by atoms with E-state index in [1.165, 1.54) is 89.1 Å². The van der Waals surface area contributed by atoms with Crippen molar-refractivity contribution in [1.82, 2.24) is 0 Å². The van der Waals surface area contributed by atoms with E-state index in [2.05, 4.69) is 196 Å². The standard InChI is InChI=1S/C51H41N/c1-50(2)44-25-13-12-23-41(44)42-30-28-37(32-46(42)50)52(48-27-14-19-34-18-10-11-22-39(34)48)38-29-31-43-47(33-38)51(3,36-20-8-5-9-21-36)45-26-15-24-40(49(43)45)35-16-6-4-7-17-35/h4-14,16-25,27-33H,15,26H2,1-3H3. The highest BCUT2D eigenvalue weighted by Crippen LogP contribution is 2.58. The van der Waals surface area contributed by atoms with Gasteiger partial charge in [0.15, 0.2) is 0 Å². The van der Waals surface area contributed by atoms with Gasteiger partial charge in [0.25, 0.3) is 0 Å². The van der Waals surface area contributed by atoms with E-state index in [1.807, 2.05) is 0 Å². The van der Waals surface area contributed by atoms with Gasteiger partial charge in [-0.05, 0) is 117 Å². The zero-order valence-corrected chi connectivity index (χ0v) is 30.0. The molecular formula is C51H41N. The van der Waals surface area contributed by atoms with E-state index in [0.717, 1.165) is 12.8 Å². The molecule has 1 nitrogen and oxygen atoms in total. The molecule has 0 saturated carbocycles. The molecule has 7 aromatic carbocycles. The maximum Gasteiger partial charge on any atom is 0.0540 e. The Labute approximate surface area is 307 Å². The summed E-state index contributed by atoms with van der Waals surface area (Å²) < 4.78 is 0. The summed E-state index contributed by atoms with van der Waals surface area (Å²) in [7, 11) is 0. The van der Waals surface area contributed by atoms with Crippen molar-refractivity contribution in [2.24, 2.45) is 0 Å². The second-order valence-corrected chi connectivity index (χ2v) is 15.3. The van der Waals surface area contributed by atoms with Gasteiger partial charge in [-0.2, -0.15) is 0 Å². The van der Waals surface area contributed by atoms with Gasteiger partial charge < -0.3 is 4.90 Å². The van der Waals surface area contributed by atoms with E-state index < -0.39 is 0 Å². The Bertz CT molecular complexity index is 2600. The normalized spacial score (nSPS) is 18.0. The van der Waals surface area contributed by atoms with Gasteiger partial charge in [0.1, 0.15) is 0 Å². The van der Waals surface area contributed by atoms with Crippen LogP contribution in [-0.2, 0) is 10.8 Å². The molecular weight excluding hydrogens is 627 g/mol. The second kappa shape index (κ2) is 11.6. The summed E-state index contributed by atoms with van der Waals surface area (Å²) >= 11 is 0. The van der Waals surface area contributed by atoms with Gasteiger partial charge in [-0.1, -0.05) is 153 Å². The van der Waals surface area contributed by atoms with Crippen LogP contribution in [0.3, 0.4) is 0 Å². The molecule has 0 saturated heterocycles. The number of hydrogen-bond acceptors (Lipinski definition) is 1. The maximum absolute atomic E-state index is 2.51. The highest BCUT2D eigenvalue weighted by Gasteiger charge is 2.45. The number of anilines is 3. The molecule has 52 heavy (non-hydrogen) atoms. The fourth-order valence-electron chi connectivity index (χ4n) is 9.67. The topological polar surface area (TPSA) is 3.24 Å². The zero-order valence-electron chi connectivity index (χ0n) is 30.0. The number of hydrogen-bond donors (Lipinski definition) is 0. The number of fused-ring (bicyclic) bond motifs is 6. The molecule has 0 aliphatic heterocycles. The van der Waals surface area contributed by atoms with E-state index in [9.17, 15) is 0 Å². The Morgan fingerprint density at radius 3 is 1.96 bits per heavy atom. The van der Waals surface area contributed by atoms with E-state index in [0.29, 0.717) is 0 Å². The lowest BCUT2D eigenvalue weighted by Crippen LogP contribution is -2.25. The highest BCUT2D eigenvalue weighted by atomic mass is 15.1. The fourth-order valence-corrected chi connectivity index (χ4v) is 9.67. The van der Waals surface area contributed by atoms with Crippen molar-refractivity contribution in [1.29, 1.82) is 0 Å². The van der Waals surface area contributed by atoms with E-state index in [-0.39, 0.29) is 10.8 Å². The van der Waals surface area contributed by atoms with Crippen LogP contribution in [0.4, 0.5) is 17.1 Å². The lowest BCUT2D eigenvalue weighted by atomic mass is 9.71. The molecule has 0 spiro atoms. The van der Waals surface area contributed by atoms with Crippen LogP contribution >= 0.6 is 0 Å². The highest BCUT2D eigenvalue weighted by molar-refractivity contribution is 6.11. The molecule has 7 aromatic rings. The average Bonchev–Trinajstić information content (AvgIpc) is 3.60. The predicted octanol–water partition coefficient (Wildman–Crippen LogP) is 13.6. The first kappa shape index (κ1) is 30.9. The van der Waals surface area contributed by atoms with Crippen LogP contribution in [-0.4, -0.2) is 0 Å². The van der Waals surface area contributed by atoms with Crippen molar-refractivity contribution in [2.75, 3.05) is 4.90 Å². The lowest BCUT2D eigenvalue weighted by Gasteiger charge is -2.33. The minimum absolute atomic E-state index is 0.0979. The van der Waals surface area contributed by atoms with Crippen LogP contribution in [0, 0.1) is 0 Å². The van der Waals surface area contributed by atoms with Gasteiger partial charge in [-0.15, -0.1) is 0 Å². The first-order chi connectivity index (χ1) is 25.4. The largest absolute Gasteiger partial charge is 0.310 e. The number of allylic oxidation sites excluding steroid dienone is 4. The molecule has 0 aromatic heterocycles. The number of benzene rings is 7. The second-order valence-electron chi connectivity index (χ2n) is 15.3.